The van der Waals surface area contributed by atoms with Crippen LogP contribution in [0.4, 0.5) is 20.2 Å². The van der Waals surface area contributed by atoms with Crippen LogP contribution in [0.15, 0.2) is 36.4 Å². The van der Waals surface area contributed by atoms with Crippen LogP contribution >= 0.6 is 0 Å². The van der Waals surface area contributed by atoms with Gasteiger partial charge < -0.3 is 39.7 Å². The number of carboxylic acid groups (broad SMARTS) is 4. The second-order valence-electron chi connectivity index (χ2n) is 7.21. The molecule has 0 fully saturated rings. The second kappa shape index (κ2) is 12.7. The van der Waals surface area contributed by atoms with Gasteiger partial charge in [0.15, 0.2) is 0 Å². The summed E-state index contributed by atoms with van der Waals surface area (Å²) in [7, 11) is 0. The Balaban J connectivity index is 2.18. The lowest BCUT2D eigenvalue weighted by Gasteiger charge is -2.24. The monoisotopic (exact) mass is 512 g/mol. The Morgan fingerprint density at radius 1 is 0.611 bits per heavy atom. The number of nitrogens with zero attached hydrogens (tertiary/aromatic N) is 2. The maximum absolute atomic E-state index is 13.8. The molecular formula is C22H22F2N2O10. The van der Waals surface area contributed by atoms with E-state index in [-0.39, 0.29) is 36.1 Å². The smallest absolute Gasteiger partial charge is 0.323 e. The molecular weight excluding hydrogens is 490 g/mol. The van der Waals surface area contributed by atoms with E-state index in [0.717, 1.165) is 34.1 Å². The first-order valence-electron chi connectivity index (χ1n) is 10.2. The predicted octanol–water partition coefficient (Wildman–Crippen LogP) is 1.37. The van der Waals surface area contributed by atoms with Crippen molar-refractivity contribution in [3.05, 3.63) is 48.0 Å². The SMILES string of the molecule is O=C(O)CN(CC(=O)O)c1cc(F)ccc1OCCOc1ccc(F)cc1N(CC(=O)O)CC(=O)O. The molecule has 0 aromatic heterocycles. The molecule has 36 heavy (non-hydrogen) atoms. The maximum Gasteiger partial charge on any atom is 0.323 e. The van der Waals surface area contributed by atoms with Crippen LogP contribution in [0.2, 0.25) is 0 Å². The van der Waals surface area contributed by atoms with Gasteiger partial charge in [0.25, 0.3) is 0 Å². The Morgan fingerprint density at radius 2 is 0.917 bits per heavy atom. The summed E-state index contributed by atoms with van der Waals surface area (Å²) < 4.78 is 38.6. The fourth-order valence-corrected chi connectivity index (χ4v) is 3.13. The molecule has 2 rings (SSSR count). The van der Waals surface area contributed by atoms with E-state index in [1.165, 1.54) is 12.1 Å². The molecule has 0 saturated carbocycles. The molecule has 0 aliphatic carbocycles. The summed E-state index contributed by atoms with van der Waals surface area (Å²) in [5.41, 5.74) is -0.257. The fourth-order valence-electron chi connectivity index (χ4n) is 3.13. The normalized spacial score (nSPS) is 10.4. The average Bonchev–Trinajstić information content (AvgIpc) is 2.76. The van der Waals surface area contributed by atoms with E-state index in [4.69, 9.17) is 29.9 Å². The molecule has 0 radical (unpaired) electrons. The topological polar surface area (TPSA) is 174 Å². The summed E-state index contributed by atoms with van der Waals surface area (Å²) in [4.78, 5) is 46.3. The molecule has 2 aromatic carbocycles. The molecule has 0 amide bonds. The van der Waals surface area contributed by atoms with Crippen molar-refractivity contribution in [3.63, 3.8) is 0 Å². The van der Waals surface area contributed by atoms with Crippen molar-refractivity contribution >= 4 is 35.3 Å². The van der Waals surface area contributed by atoms with Gasteiger partial charge in [-0.3, -0.25) is 19.2 Å². The van der Waals surface area contributed by atoms with Gasteiger partial charge in [-0.2, -0.15) is 0 Å². The van der Waals surface area contributed by atoms with Crippen molar-refractivity contribution in [3.8, 4) is 11.5 Å². The van der Waals surface area contributed by atoms with E-state index in [1.54, 1.807) is 0 Å². The second-order valence-corrected chi connectivity index (χ2v) is 7.21. The standard InChI is InChI=1S/C22H22F2N2O10/c23-13-1-3-17(15(7-13)25(9-19(27)28)10-20(29)30)35-5-6-36-18-4-2-14(24)8-16(18)26(11-21(31)32)12-22(33)34/h1-4,7-8H,5-6,9-12H2,(H,27,28)(H,29,30)(H,31,32)(H,33,34). The highest BCUT2D eigenvalue weighted by Crippen LogP contribution is 2.31. The van der Waals surface area contributed by atoms with Gasteiger partial charge >= 0.3 is 23.9 Å². The molecule has 0 atom stereocenters. The van der Waals surface area contributed by atoms with E-state index in [0.29, 0.717) is 0 Å². The Bertz CT molecular complexity index is 1010. The molecule has 194 valence electrons. The molecule has 0 unspecified atom stereocenters. The average molecular weight is 512 g/mol. The van der Waals surface area contributed by atoms with Crippen LogP contribution in [0.5, 0.6) is 11.5 Å². The lowest BCUT2D eigenvalue weighted by Crippen LogP contribution is -2.35. The zero-order valence-corrected chi connectivity index (χ0v) is 18.6. The molecule has 4 N–H and O–H groups in total. The zero-order valence-electron chi connectivity index (χ0n) is 18.6. The lowest BCUT2D eigenvalue weighted by atomic mass is 10.2. The number of carbonyl (C=O) groups is 4. The lowest BCUT2D eigenvalue weighted by molar-refractivity contribution is -0.138. The summed E-state index contributed by atoms with van der Waals surface area (Å²) in [6, 6.07) is 6.21. The zero-order chi connectivity index (χ0) is 26.8. The van der Waals surface area contributed by atoms with Gasteiger partial charge in [0.2, 0.25) is 0 Å². The Morgan fingerprint density at radius 3 is 1.19 bits per heavy atom. The van der Waals surface area contributed by atoms with Crippen LogP contribution in [0.25, 0.3) is 0 Å². The summed E-state index contributed by atoms with van der Waals surface area (Å²) in [5.74, 6) is -7.03. The number of hydrogen-bond acceptors (Lipinski definition) is 8. The number of anilines is 2. The van der Waals surface area contributed by atoms with Gasteiger partial charge in [-0.25, -0.2) is 8.78 Å². The van der Waals surface area contributed by atoms with Crippen LogP contribution in [-0.4, -0.2) is 83.7 Å². The Labute approximate surface area is 202 Å². The Kier molecular flexibility index (Phi) is 9.77. The highest BCUT2D eigenvalue weighted by molar-refractivity contribution is 5.82. The van der Waals surface area contributed by atoms with Crippen LogP contribution in [-0.2, 0) is 19.2 Å². The summed E-state index contributed by atoms with van der Waals surface area (Å²) in [5, 5.41) is 36.3. The Hall–Kier alpha value is -4.62. The third-order valence-corrected chi connectivity index (χ3v) is 4.43. The van der Waals surface area contributed by atoms with E-state index in [2.05, 4.69) is 0 Å². The highest BCUT2D eigenvalue weighted by Gasteiger charge is 2.21. The van der Waals surface area contributed by atoms with Crippen LogP contribution < -0.4 is 19.3 Å². The minimum atomic E-state index is -1.36. The van der Waals surface area contributed by atoms with Gasteiger partial charge in [0, 0.05) is 12.1 Å². The molecule has 0 saturated heterocycles. The van der Waals surface area contributed by atoms with Gasteiger partial charge in [0.1, 0.15) is 62.5 Å². The molecule has 0 bridgehead atoms. The van der Waals surface area contributed by atoms with Crippen molar-refractivity contribution < 1.29 is 57.9 Å². The van der Waals surface area contributed by atoms with E-state index in [1.807, 2.05) is 0 Å². The molecule has 0 heterocycles. The molecule has 0 aliphatic heterocycles. The van der Waals surface area contributed by atoms with Crippen molar-refractivity contribution in [2.24, 2.45) is 0 Å². The van der Waals surface area contributed by atoms with E-state index < -0.39 is 61.7 Å². The molecule has 14 heteroatoms. The van der Waals surface area contributed by atoms with Crippen molar-refractivity contribution in [1.29, 1.82) is 0 Å². The first kappa shape index (κ1) is 27.6. The first-order valence-corrected chi connectivity index (χ1v) is 10.2. The molecule has 0 spiro atoms. The number of carboxylic acids is 4. The maximum atomic E-state index is 13.8. The number of rotatable bonds is 15. The third kappa shape index (κ3) is 8.62. The summed E-state index contributed by atoms with van der Waals surface area (Å²) >= 11 is 0. The van der Waals surface area contributed by atoms with Crippen molar-refractivity contribution in [2.45, 2.75) is 0 Å². The van der Waals surface area contributed by atoms with Crippen LogP contribution in [0, 0.1) is 11.6 Å². The van der Waals surface area contributed by atoms with Gasteiger partial charge in [-0.15, -0.1) is 0 Å². The highest BCUT2D eigenvalue weighted by atomic mass is 19.1. The molecule has 12 nitrogen and oxygen atoms in total. The van der Waals surface area contributed by atoms with Crippen molar-refractivity contribution in [1.82, 2.24) is 0 Å². The molecule has 2 aromatic rings. The third-order valence-electron chi connectivity index (χ3n) is 4.43. The predicted molar refractivity (Wildman–Crippen MR) is 119 cm³/mol. The summed E-state index contributed by atoms with van der Waals surface area (Å²) in [6.07, 6.45) is 0. The van der Waals surface area contributed by atoms with E-state index >= 15 is 0 Å². The fraction of sp³-hybridized carbons (Fsp3) is 0.273. The number of aliphatic carboxylic acids is 4. The number of benzene rings is 2. The minimum absolute atomic E-state index is 0.0415. The van der Waals surface area contributed by atoms with Gasteiger partial charge in [-0.1, -0.05) is 0 Å². The quantitative estimate of drug-likeness (QED) is 0.253. The first-order chi connectivity index (χ1) is 17.0. The van der Waals surface area contributed by atoms with Crippen molar-refractivity contribution in [2.75, 3.05) is 49.2 Å². The van der Waals surface area contributed by atoms with Crippen LogP contribution in [0.3, 0.4) is 0 Å². The van der Waals surface area contributed by atoms with E-state index in [9.17, 15) is 28.0 Å². The summed E-state index contributed by atoms with van der Waals surface area (Å²) in [6.45, 7) is -3.45. The number of halogens is 2. The minimum Gasteiger partial charge on any atom is -0.488 e. The largest absolute Gasteiger partial charge is 0.488 e. The van der Waals surface area contributed by atoms with Gasteiger partial charge in [0.05, 0.1) is 11.4 Å². The number of hydrogen-bond donors (Lipinski definition) is 4. The number of ether oxygens (including phenoxy) is 2. The molecule has 0 aliphatic rings. The van der Waals surface area contributed by atoms with Crippen LogP contribution in [0.1, 0.15) is 0 Å². The van der Waals surface area contributed by atoms with Gasteiger partial charge in [-0.05, 0) is 24.3 Å².